The number of hydrogen-bond donors (Lipinski definition) is 2. The number of nitrogens with zero attached hydrogens (tertiary/aromatic N) is 1. The predicted octanol–water partition coefficient (Wildman–Crippen LogP) is 4.05. The van der Waals surface area contributed by atoms with Gasteiger partial charge in [-0.2, -0.15) is 0 Å². The summed E-state index contributed by atoms with van der Waals surface area (Å²) in [6, 6.07) is 20.1. The van der Waals surface area contributed by atoms with Gasteiger partial charge in [-0.25, -0.2) is 4.98 Å². The Hall–Kier alpha value is -3.34. The third-order valence-corrected chi connectivity index (χ3v) is 3.94. The van der Waals surface area contributed by atoms with Gasteiger partial charge in [0.25, 0.3) is 0 Å². The third-order valence-electron chi connectivity index (χ3n) is 3.94. The molecule has 132 valence electrons. The molecule has 2 N–H and O–H groups in total. The molecule has 0 unspecified atom stereocenters. The van der Waals surface area contributed by atoms with E-state index in [-0.39, 0.29) is 12.2 Å². The number of rotatable bonds is 7. The predicted molar refractivity (Wildman–Crippen MR) is 98.1 cm³/mol. The van der Waals surface area contributed by atoms with Crippen molar-refractivity contribution in [3.63, 3.8) is 0 Å². The Kier molecular flexibility index (Phi) is 5.49. The lowest BCUT2D eigenvalue weighted by Gasteiger charge is -2.09. The van der Waals surface area contributed by atoms with Crippen LogP contribution in [0.25, 0.3) is 11.3 Å². The second-order valence-electron chi connectivity index (χ2n) is 5.88. The summed E-state index contributed by atoms with van der Waals surface area (Å²) in [5, 5.41) is 18.7. The van der Waals surface area contributed by atoms with E-state index in [2.05, 4.69) is 4.98 Å². The van der Waals surface area contributed by atoms with Crippen LogP contribution in [0.2, 0.25) is 0 Å². The minimum atomic E-state index is -0.798. The first-order chi connectivity index (χ1) is 12.6. The highest BCUT2D eigenvalue weighted by molar-refractivity contribution is 5.67. The highest BCUT2D eigenvalue weighted by atomic mass is 16.5. The molecule has 1 heterocycles. The Labute approximate surface area is 151 Å². The Morgan fingerprint density at radius 2 is 1.65 bits per heavy atom. The lowest BCUT2D eigenvalue weighted by atomic mass is 10.1. The van der Waals surface area contributed by atoms with Crippen molar-refractivity contribution < 1.29 is 19.7 Å². The SMILES string of the molecule is O=C(O)CCc1ccc(COc2cccc(-c3ccccc3O)n2)cc1. The van der Waals surface area contributed by atoms with Gasteiger partial charge in [-0.15, -0.1) is 0 Å². The number of aromatic hydroxyl groups is 1. The van der Waals surface area contributed by atoms with Crippen LogP contribution in [0.5, 0.6) is 11.6 Å². The highest BCUT2D eigenvalue weighted by Gasteiger charge is 2.06. The summed E-state index contributed by atoms with van der Waals surface area (Å²) >= 11 is 0. The van der Waals surface area contributed by atoms with Crippen molar-refractivity contribution >= 4 is 5.97 Å². The monoisotopic (exact) mass is 349 g/mol. The number of ether oxygens (including phenoxy) is 1. The summed E-state index contributed by atoms with van der Waals surface area (Å²) in [6.07, 6.45) is 0.638. The van der Waals surface area contributed by atoms with Gasteiger partial charge in [-0.05, 0) is 35.7 Å². The molecule has 0 saturated carbocycles. The molecule has 3 rings (SSSR count). The van der Waals surface area contributed by atoms with E-state index in [1.165, 1.54) is 0 Å². The van der Waals surface area contributed by atoms with E-state index in [0.717, 1.165) is 11.1 Å². The number of phenols is 1. The number of hydrogen-bond acceptors (Lipinski definition) is 4. The van der Waals surface area contributed by atoms with Crippen LogP contribution in [0, 0.1) is 0 Å². The van der Waals surface area contributed by atoms with E-state index < -0.39 is 5.97 Å². The lowest BCUT2D eigenvalue weighted by Crippen LogP contribution is -2.00. The van der Waals surface area contributed by atoms with E-state index in [1.54, 1.807) is 24.3 Å². The smallest absolute Gasteiger partial charge is 0.303 e. The Morgan fingerprint density at radius 3 is 2.38 bits per heavy atom. The quantitative estimate of drug-likeness (QED) is 0.673. The number of aromatic nitrogens is 1. The van der Waals surface area contributed by atoms with E-state index in [9.17, 15) is 9.90 Å². The molecule has 0 atom stereocenters. The maximum atomic E-state index is 10.6. The van der Waals surface area contributed by atoms with Crippen molar-refractivity contribution in [3.05, 3.63) is 77.9 Å². The standard InChI is InChI=1S/C21H19NO4/c23-19-6-2-1-4-17(19)18-5-3-7-20(22-18)26-14-16-10-8-15(9-11-16)12-13-21(24)25/h1-11,23H,12-14H2,(H,24,25). The molecular formula is C21H19NO4. The molecule has 1 aromatic heterocycles. The molecule has 0 spiro atoms. The van der Waals surface area contributed by atoms with Crippen molar-refractivity contribution in [2.24, 2.45) is 0 Å². The highest BCUT2D eigenvalue weighted by Crippen LogP contribution is 2.28. The van der Waals surface area contributed by atoms with Crippen molar-refractivity contribution in [2.45, 2.75) is 19.4 Å². The molecular weight excluding hydrogens is 330 g/mol. The van der Waals surface area contributed by atoms with Gasteiger partial charge in [0.2, 0.25) is 5.88 Å². The molecule has 0 aliphatic carbocycles. The molecule has 26 heavy (non-hydrogen) atoms. The zero-order valence-electron chi connectivity index (χ0n) is 14.1. The normalized spacial score (nSPS) is 10.5. The molecule has 0 amide bonds. The Bertz CT molecular complexity index is 891. The van der Waals surface area contributed by atoms with Crippen LogP contribution in [-0.4, -0.2) is 21.2 Å². The van der Waals surface area contributed by atoms with Crippen LogP contribution >= 0.6 is 0 Å². The van der Waals surface area contributed by atoms with Gasteiger partial charge in [0.1, 0.15) is 12.4 Å². The summed E-state index contributed by atoms with van der Waals surface area (Å²) in [4.78, 5) is 15.0. The number of phenolic OH excluding ortho intramolecular Hbond substituents is 1. The minimum Gasteiger partial charge on any atom is -0.507 e. The van der Waals surface area contributed by atoms with Gasteiger partial charge in [0.15, 0.2) is 0 Å². The minimum absolute atomic E-state index is 0.124. The number of aliphatic carboxylic acids is 1. The van der Waals surface area contributed by atoms with E-state index in [4.69, 9.17) is 9.84 Å². The maximum Gasteiger partial charge on any atom is 0.303 e. The first-order valence-electron chi connectivity index (χ1n) is 8.29. The molecule has 0 radical (unpaired) electrons. The van der Waals surface area contributed by atoms with Crippen LogP contribution < -0.4 is 4.74 Å². The summed E-state index contributed by atoms with van der Waals surface area (Å²) in [6.45, 7) is 0.358. The van der Waals surface area contributed by atoms with Crippen molar-refractivity contribution in [3.8, 4) is 22.9 Å². The molecule has 2 aromatic carbocycles. The summed E-state index contributed by atoms with van der Waals surface area (Å²) in [7, 11) is 0. The van der Waals surface area contributed by atoms with Crippen LogP contribution in [0.1, 0.15) is 17.5 Å². The van der Waals surface area contributed by atoms with Crippen molar-refractivity contribution in [2.75, 3.05) is 0 Å². The molecule has 5 heteroatoms. The molecule has 0 saturated heterocycles. The van der Waals surface area contributed by atoms with Gasteiger partial charge in [-0.1, -0.05) is 42.5 Å². The number of para-hydroxylation sites is 1. The zero-order chi connectivity index (χ0) is 18.4. The van der Waals surface area contributed by atoms with Gasteiger partial charge in [-0.3, -0.25) is 4.79 Å². The molecule has 0 aliphatic heterocycles. The van der Waals surface area contributed by atoms with Crippen molar-refractivity contribution in [1.82, 2.24) is 4.98 Å². The Balaban J connectivity index is 1.64. The van der Waals surface area contributed by atoms with Crippen LogP contribution in [-0.2, 0) is 17.8 Å². The molecule has 0 fully saturated rings. The van der Waals surface area contributed by atoms with E-state index >= 15 is 0 Å². The van der Waals surface area contributed by atoms with Crippen LogP contribution in [0.4, 0.5) is 0 Å². The second-order valence-corrected chi connectivity index (χ2v) is 5.88. The number of carboxylic acids is 1. The van der Waals surface area contributed by atoms with Gasteiger partial charge < -0.3 is 14.9 Å². The first kappa shape index (κ1) is 17.5. The van der Waals surface area contributed by atoms with E-state index in [0.29, 0.717) is 30.2 Å². The fourth-order valence-electron chi connectivity index (χ4n) is 2.55. The van der Waals surface area contributed by atoms with Crippen LogP contribution in [0.3, 0.4) is 0 Å². The summed E-state index contributed by atoms with van der Waals surface area (Å²) < 4.78 is 5.75. The van der Waals surface area contributed by atoms with Gasteiger partial charge in [0.05, 0.1) is 5.69 Å². The topological polar surface area (TPSA) is 79.7 Å². The number of aryl methyl sites for hydroxylation is 1. The number of carboxylic acid groups (broad SMARTS) is 1. The number of carbonyl (C=O) groups is 1. The van der Waals surface area contributed by atoms with Gasteiger partial charge in [0, 0.05) is 18.1 Å². The lowest BCUT2D eigenvalue weighted by molar-refractivity contribution is -0.136. The zero-order valence-corrected chi connectivity index (χ0v) is 14.1. The van der Waals surface area contributed by atoms with Crippen molar-refractivity contribution in [1.29, 1.82) is 0 Å². The van der Waals surface area contributed by atoms with Gasteiger partial charge >= 0.3 is 5.97 Å². The fourth-order valence-corrected chi connectivity index (χ4v) is 2.55. The molecule has 0 aliphatic rings. The van der Waals surface area contributed by atoms with Crippen LogP contribution in [0.15, 0.2) is 66.7 Å². The third kappa shape index (κ3) is 4.60. The van der Waals surface area contributed by atoms with E-state index in [1.807, 2.05) is 42.5 Å². The summed E-state index contributed by atoms with van der Waals surface area (Å²) in [5.74, 6) is -0.150. The molecule has 0 bridgehead atoms. The average Bonchev–Trinajstić information content (AvgIpc) is 2.66. The first-order valence-corrected chi connectivity index (χ1v) is 8.29. The molecule has 5 nitrogen and oxygen atoms in total. The second kappa shape index (κ2) is 8.16. The largest absolute Gasteiger partial charge is 0.507 e. The molecule has 3 aromatic rings. The summed E-state index contributed by atoms with van der Waals surface area (Å²) in [5.41, 5.74) is 3.25. The Morgan fingerprint density at radius 1 is 0.923 bits per heavy atom. The number of pyridine rings is 1. The maximum absolute atomic E-state index is 10.6. The fraction of sp³-hybridized carbons (Fsp3) is 0.143. The number of benzene rings is 2. The average molecular weight is 349 g/mol.